The SMILES string of the molecule is CC(C(=O)N1CCN(c2ccc(O)cn2)CC1)c1ccc(F)c(F)c1. The van der Waals surface area contributed by atoms with E-state index in [1.54, 1.807) is 24.0 Å². The highest BCUT2D eigenvalue weighted by Crippen LogP contribution is 2.22. The molecule has 7 heteroatoms. The van der Waals surface area contributed by atoms with Gasteiger partial charge in [-0.15, -0.1) is 0 Å². The second kappa shape index (κ2) is 7.04. The molecule has 1 amide bonds. The molecule has 0 saturated carbocycles. The van der Waals surface area contributed by atoms with Crippen LogP contribution in [-0.2, 0) is 4.79 Å². The van der Waals surface area contributed by atoms with Gasteiger partial charge in [0.25, 0.3) is 0 Å². The minimum absolute atomic E-state index is 0.107. The van der Waals surface area contributed by atoms with Crippen LogP contribution in [0.2, 0.25) is 0 Å². The molecule has 1 N–H and O–H groups in total. The maximum absolute atomic E-state index is 13.4. The van der Waals surface area contributed by atoms with Crippen molar-refractivity contribution in [2.75, 3.05) is 31.1 Å². The Labute approximate surface area is 144 Å². The molecule has 2 heterocycles. The van der Waals surface area contributed by atoms with Crippen LogP contribution in [0.4, 0.5) is 14.6 Å². The molecule has 1 aliphatic heterocycles. The first-order valence-electron chi connectivity index (χ1n) is 8.09. The summed E-state index contributed by atoms with van der Waals surface area (Å²) in [5.41, 5.74) is 0.464. The predicted octanol–water partition coefficient (Wildman–Crippen LogP) is 2.52. The van der Waals surface area contributed by atoms with Gasteiger partial charge in [0.2, 0.25) is 5.91 Å². The number of benzene rings is 1. The van der Waals surface area contributed by atoms with E-state index in [9.17, 15) is 18.7 Å². The lowest BCUT2D eigenvalue weighted by Crippen LogP contribution is -2.50. The maximum Gasteiger partial charge on any atom is 0.229 e. The third-order valence-electron chi connectivity index (χ3n) is 4.46. The van der Waals surface area contributed by atoms with E-state index in [4.69, 9.17) is 0 Å². The van der Waals surface area contributed by atoms with Gasteiger partial charge in [0, 0.05) is 26.2 Å². The largest absolute Gasteiger partial charge is 0.506 e. The van der Waals surface area contributed by atoms with Gasteiger partial charge >= 0.3 is 0 Å². The lowest BCUT2D eigenvalue weighted by Gasteiger charge is -2.36. The zero-order valence-corrected chi connectivity index (χ0v) is 13.8. The van der Waals surface area contributed by atoms with E-state index >= 15 is 0 Å². The van der Waals surface area contributed by atoms with Crippen molar-refractivity contribution in [1.82, 2.24) is 9.88 Å². The lowest BCUT2D eigenvalue weighted by atomic mass is 9.99. The molecule has 1 fully saturated rings. The summed E-state index contributed by atoms with van der Waals surface area (Å²) in [5, 5.41) is 9.29. The molecule has 1 atom stereocenters. The van der Waals surface area contributed by atoms with Crippen molar-refractivity contribution >= 4 is 11.7 Å². The Bertz CT molecular complexity index is 759. The van der Waals surface area contributed by atoms with E-state index in [0.717, 1.165) is 18.0 Å². The number of aromatic nitrogens is 1. The Hall–Kier alpha value is -2.70. The third kappa shape index (κ3) is 3.70. The number of pyridine rings is 1. The Morgan fingerprint density at radius 3 is 2.44 bits per heavy atom. The smallest absolute Gasteiger partial charge is 0.229 e. The van der Waals surface area contributed by atoms with Gasteiger partial charge in [-0.05, 0) is 36.8 Å². The van der Waals surface area contributed by atoms with Crippen molar-refractivity contribution in [3.63, 3.8) is 0 Å². The Morgan fingerprint density at radius 2 is 1.84 bits per heavy atom. The topological polar surface area (TPSA) is 56.7 Å². The van der Waals surface area contributed by atoms with Gasteiger partial charge < -0.3 is 14.9 Å². The average molecular weight is 347 g/mol. The molecule has 1 aromatic carbocycles. The Morgan fingerprint density at radius 1 is 1.12 bits per heavy atom. The number of amides is 1. The fourth-order valence-corrected chi connectivity index (χ4v) is 2.92. The molecule has 25 heavy (non-hydrogen) atoms. The third-order valence-corrected chi connectivity index (χ3v) is 4.46. The van der Waals surface area contributed by atoms with Crippen molar-refractivity contribution in [3.8, 4) is 5.75 Å². The molecule has 1 aliphatic rings. The molecule has 5 nitrogen and oxygen atoms in total. The van der Waals surface area contributed by atoms with Crippen molar-refractivity contribution in [2.45, 2.75) is 12.8 Å². The highest BCUT2D eigenvalue weighted by Gasteiger charge is 2.26. The molecular weight excluding hydrogens is 328 g/mol. The monoisotopic (exact) mass is 347 g/mol. The number of halogens is 2. The van der Waals surface area contributed by atoms with Crippen LogP contribution >= 0.6 is 0 Å². The maximum atomic E-state index is 13.4. The Balaban J connectivity index is 1.62. The molecule has 3 rings (SSSR count). The first kappa shape index (κ1) is 17.1. The molecule has 132 valence electrons. The second-order valence-corrected chi connectivity index (χ2v) is 6.08. The fourth-order valence-electron chi connectivity index (χ4n) is 2.92. The zero-order valence-electron chi connectivity index (χ0n) is 13.8. The van der Waals surface area contributed by atoms with Crippen LogP contribution in [0.3, 0.4) is 0 Å². The number of carbonyl (C=O) groups is 1. The second-order valence-electron chi connectivity index (χ2n) is 6.08. The average Bonchev–Trinajstić information content (AvgIpc) is 2.63. The van der Waals surface area contributed by atoms with Crippen molar-refractivity contribution in [2.24, 2.45) is 0 Å². The summed E-state index contributed by atoms with van der Waals surface area (Å²) in [6.45, 7) is 3.98. The number of anilines is 1. The van der Waals surface area contributed by atoms with E-state index in [1.165, 1.54) is 12.3 Å². The molecular formula is C18H19F2N3O2. The molecule has 1 unspecified atom stereocenters. The number of hydrogen-bond donors (Lipinski definition) is 1. The zero-order chi connectivity index (χ0) is 18.0. The quantitative estimate of drug-likeness (QED) is 0.927. The van der Waals surface area contributed by atoms with Crippen LogP contribution < -0.4 is 4.90 Å². The normalized spacial score (nSPS) is 16.0. The number of rotatable bonds is 3. The Kier molecular flexibility index (Phi) is 4.83. The van der Waals surface area contributed by atoms with Crippen LogP contribution in [0.15, 0.2) is 36.5 Å². The van der Waals surface area contributed by atoms with Crippen LogP contribution in [0, 0.1) is 11.6 Å². The van der Waals surface area contributed by atoms with E-state index in [2.05, 4.69) is 4.98 Å². The summed E-state index contributed by atoms with van der Waals surface area (Å²) in [6, 6.07) is 6.87. The van der Waals surface area contributed by atoms with Crippen molar-refractivity contribution in [1.29, 1.82) is 0 Å². The van der Waals surface area contributed by atoms with E-state index in [1.807, 2.05) is 4.90 Å². The number of carbonyl (C=O) groups excluding carboxylic acids is 1. The summed E-state index contributed by atoms with van der Waals surface area (Å²) < 4.78 is 26.4. The van der Waals surface area contributed by atoms with E-state index in [-0.39, 0.29) is 11.7 Å². The van der Waals surface area contributed by atoms with Gasteiger partial charge in [0.15, 0.2) is 11.6 Å². The van der Waals surface area contributed by atoms with Crippen LogP contribution in [0.5, 0.6) is 5.75 Å². The molecule has 1 saturated heterocycles. The van der Waals surface area contributed by atoms with Gasteiger partial charge in [0.1, 0.15) is 11.6 Å². The highest BCUT2D eigenvalue weighted by atomic mass is 19.2. The van der Waals surface area contributed by atoms with Gasteiger partial charge in [-0.2, -0.15) is 0 Å². The minimum Gasteiger partial charge on any atom is -0.506 e. The summed E-state index contributed by atoms with van der Waals surface area (Å²) in [5.74, 6) is -1.65. The fraction of sp³-hybridized carbons (Fsp3) is 0.333. The molecule has 0 spiro atoms. The van der Waals surface area contributed by atoms with Crippen LogP contribution in [0.25, 0.3) is 0 Å². The van der Waals surface area contributed by atoms with E-state index < -0.39 is 17.6 Å². The number of hydrogen-bond acceptors (Lipinski definition) is 4. The molecule has 0 aliphatic carbocycles. The molecule has 0 bridgehead atoms. The summed E-state index contributed by atoms with van der Waals surface area (Å²) >= 11 is 0. The van der Waals surface area contributed by atoms with E-state index in [0.29, 0.717) is 31.7 Å². The van der Waals surface area contributed by atoms with Crippen LogP contribution in [-0.4, -0.2) is 47.1 Å². The first-order chi connectivity index (χ1) is 12.0. The molecule has 1 aromatic heterocycles. The van der Waals surface area contributed by atoms with Gasteiger partial charge in [-0.25, -0.2) is 13.8 Å². The number of aromatic hydroxyl groups is 1. The summed E-state index contributed by atoms with van der Waals surface area (Å²) in [7, 11) is 0. The van der Waals surface area contributed by atoms with Gasteiger partial charge in [0.05, 0.1) is 12.1 Å². The number of nitrogens with zero attached hydrogens (tertiary/aromatic N) is 3. The highest BCUT2D eigenvalue weighted by molar-refractivity contribution is 5.83. The lowest BCUT2D eigenvalue weighted by molar-refractivity contribution is -0.132. The summed E-state index contributed by atoms with van der Waals surface area (Å²) in [4.78, 5) is 20.6. The molecule has 0 radical (unpaired) electrons. The number of piperazine rings is 1. The predicted molar refractivity (Wildman–Crippen MR) is 89.5 cm³/mol. The molecule has 2 aromatic rings. The first-order valence-corrected chi connectivity index (χ1v) is 8.09. The standard InChI is InChI=1S/C18H19F2N3O2/c1-12(13-2-4-15(19)16(20)10-13)18(25)23-8-6-22(7-9-23)17-5-3-14(24)11-21-17/h2-5,10-12,24H,6-9H2,1H3. The summed E-state index contributed by atoms with van der Waals surface area (Å²) in [6.07, 6.45) is 1.39. The van der Waals surface area contributed by atoms with Gasteiger partial charge in [-0.3, -0.25) is 4.79 Å². The minimum atomic E-state index is -0.944. The van der Waals surface area contributed by atoms with Crippen molar-refractivity contribution < 1.29 is 18.7 Å². The van der Waals surface area contributed by atoms with Crippen molar-refractivity contribution in [3.05, 3.63) is 53.7 Å². The van der Waals surface area contributed by atoms with Gasteiger partial charge in [-0.1, -0.05) is 6.07 Å². The van der Waals surface area contributed by atoms with Crippen LogP contribution in [0.1, 0.15) is 18.4 Å².